The van der Waals surface area contributed by atoms with Crippen LogP contribution in [-0.2, 0) is 6.54 Å². The lowest BCUT2D eigenvalue weighted by Crippen LogP contribution is -2.03. The molecule has 7 heteroatoms. The van der Waals surface area contributed by atoms with Crippen LogP contribution in [0.1, 0.15) is 5.76 Å². The van der Waals surface area contributed by atoms with Gasteiger partial charge in [-0.3, -0.25) is 4.57 Å². The average Bonchev–Trinajstić information content (AvgIpc) is 3.17. The second-order valence-corrected chi connectivity index (χ2v) is 6.70. The Kier molecular flexibility index (Phi) is 5.10. The highest BCUT2D eigenvalue weighted by atomic mass is 35.5. The molecule has 0 saturated heterocycles. The molecule has 0 amide bonds. The van der Waals surface area contributed by atoms with Gasteiger partial charge in [0.1, 0.15) is 5.76 Å². The molecule has 0 N–H and O–H groups in total. The third kappa shape index (κ3) is 3.99. The third-order valence-electron chi connectivity index (χ3n) is 3.07. The van der Waals surface area contributed by atoms with Gasteiger partial charge in [0.2, 0.25) is 0 Å². The lowest BCUT2D eigenvalue weighted by molar-refractivity contribution is 0.485. The predicted octanol–water partition coefficient (Wildman–Crippen LogP) is 5.08. The van der Waals surface area contributed by atoms with E-state index in [-0.39, 0.29) is 0 Å². The summed E-state index contributed by atoms with van der Waals surface area (Å²) in [7, 11) is 0. The molecular formula is C16H13Cl2N3OS. The fourth-order valence-electron chi connectivity index (χ4n) is 2.05. The molecule has 23 heavy (non-hydrogen) atoms. The molecule has 118 valence electrons. The minimum absolute atomic E-state index is 0.537. The second kappa shape index (κ2) is 7.25. The van der Waals surface area contributed by atoms with Crippen molar-refractivity contribution in [1.29, 1.82) is 0 Å². The van der Waals surface area contributed by atoms with Crippen molar-refractivity contribution in [3.05, 3.63) is 65.1 Å². The normalized spacial score (nSPS) is 10.9. The van der Waals surface area contributed by atoms with Crippen LogP contribution in [0, 0.1) is 0 Å². The van der Waals surface area contributed by atoms with Gasteiger partial charge in [-0.05, 0) is 36.4 Å². The van der Waals surface area contributed by atoms with Crippen molar-refractivity contribution in [3.63, 3.8) is 0 Å². The van der Waals surface area contributed by atoms with Gasteiger partial charge in [0, 0.05) is 21.4 Å². The van der Waals surface area contributed by atoms with E-state index in [4.69, 9.17) is 27.6 Å². The van der Waals surface area contributed by atoms with Crippen molar-refractivity contribution in [2.24, 2.45) is 0 Å². The molecule has 0 aliphatic heterocycles. The van der Waals surface area contributed by atoms with E-state index < -0.39 is 0 Å². The Hall–Kier alpha value is -1.69. The maximum Gasteiger partial charge on any atom is 0.192 e. The molecule has 0 unspecified atom stereocenters. The lowest BCUT2D eigenvalue weighted by atomic mass is 10.2. The number of thioether (sulfide) groups is 1. The van der Waals surface area contributed by atoms with E-state index in [1.165, 1.54) is 11.8 Å². The first kappa shape index (κ1) is 16.2. The van der Waals surface area contributed by atoms with Gasteiger partial charge in [0.05, 0.1) is 12.8 Å². The summed E-state index contributed by atoms with van der Waals surface area (Å²) < 4.78 is 7.44. The van der Waals surface area contributed by atoms with Crippen LogP contribution < -0.4 is 0 Å². The predicted molar refractivity (Wildman–Crippen MR) is 94.0 cm³/mol. The van der Waals surface area contributed by atoms with E-state index in [1.54, 1.807) is 6.26 Å². The van der Waals surface area contributed by atoms with Crippen molar-refractivity contribution in [3.8, 4) is 11.4 Å². The Morgan fingerprint density at radius 2 is 2.00 bits per heavy atom. The van der Waals surface area contributed by atoms with Crippen LogP contribution in [0.4, 0.5) is 0 Å². The Balaban J connectivity index is 1.97. The van der Waals surface area contributed by atoms with Gasteiger partial charge in [0.15, 0.2) is 11.0 Å². The van der Waals surface area contributed by atoms with Crippen molar-refractivity contribution in [2.45, 2.75) is 11.7 Å². The second-order valence-electron chi connectivity index (χ2n) is 4.78. The Labute approximate surface area is 148 Å². The Bertz CT molecular complexity index is 797. The molecule has 1 aromatic carbocycles. The summed E-state index contributed by atoms with van der Waals surface area (Å²) in [6, 6.07) is 11.3. The van der Waals surface area contributed by atoms with Crippen LogP contribution in [0.5, 0.6) is 0 Å². The summed E-state index contributed by atoms with van der Waals surface area (Å²) in [6.45, 7) is 4.24. The number of furan rings is 1. The van der Waals surface area contributed by atoms with Crippen LogP contribution in [0.25, 0.3) is 11.4 Å². The number of halogens is 2. The molecule has 0 aliphatic carbocycles. The fourth-order valence-corrected chi connectivity index (χ4v) is 3.03. The highest BCUT2D eigenvalue weighted by molar-refractivity contribution is 7.99. The molecule has 0 bridgehead atoms. The van der Waals surface area contributed by atoms with Crippen molar-refractivity contribution in [2.75, 3.05) is 5.75 Å². The summed E-state index contributed by atoms with van der Waals surface area (Å²) >= 11 is 13.3. The number of benzene rings is 1. The molecule has 3 rings (SSSR count). The summed E-state index contributed by atoms with van der Waals surface area (Å²) in [5.74, 6) is 2.14. The summed E-state index contributed by atoms with van der Waals surface area (Å²) in [4.78, 5) is 0. The van der Waals surface area contributed by atoms with Gasteiger partial charge in [-0.25, -0.2) is 0 Å². The molecular weight excluding hydrogens is 353 g/mol. The van der Waals surface area contributed by atoms with Crippen LogP contribution in [0.3, 0.4) is 0 Å². The molecule has 0 fully saturated rings. The van der Waals surface area contributed by atoms with Crippen molar-refractivity contribution >= 4 is 35.0 Å². The van der Waals surface area contributed by atoms with Gasteiger partial charge < -0.3 is 4.42 Å². The summed E-state index contributed by atoms with van der Waals surface area (Å²) in [5, 5.41) is 10.6. The van der Waals surface area contributed by atoms with E-state index in [2.05, 4.69) is 16.8 Å². The Morgan fingerprint density at radius 3 is 2.65 bits per heavy atom. The monoisotopic (exact) mass is 365 g/mol. The smallest absolute Gasteiger partial charge is 0.192 e. The van der Waals surface area contributed by atoms with Crippen LogP contribution >= 0.6 is 35.0 Å². The van der Waals surface area contributed by atoms with Crippen molar-refractivity contribution < 1.29 is 4.42 Å². The molecule has 0 saturated carbocycles. The number of aromatic nitrogens is 3. The number of rotatable bonds is 6. The first-order chi connectivity index (χ1) is 11.1. The average molecular weight is 366 g/mol. The molecule has 0 atom stereocenters. The van der Waals surface area contributed by atoms with Gasteiger partial charge in [0.25, 0.3) is 0 Å². The van der Waals surface area contributed by atoms with Crippen molar-refractivity contribution in [1.82, 2.24) is 14.8 Å². The van der Waals surface area contributed by atoms with Gasteiger partial charge in [-0.2, -0.15) is 0 Å². The van der Waals surface area contributed by atoms with E-state index in [1.807, 2.05) is 41.0 Å². The highest BCUT2D eigenvalue weighted by Gasteiger charge is 2.16. The Morgan fingerprint density at radius 1 is 1.22 bits per heavy atom. The lowest BCUT2D eigenvalue weighted by Gasteiger charge is -2.08. The summed E-state index contributed by atoms with van der Waals surface area (Å²) in [5.41, 5.74) is 0.935. The standard InChI is InChI=1S/C16H13Cl2N3OS/c1-11(17)10-23-16-20-19-15(12-4-6-13(18)7-5-12)21(16)9-14-3-2-8-22-14/h2-8H,1,9-10H2. The SMILES string of the molecule is C=C(Cl)CSc1nnc(-c2ccc(Cl)cc2)n1Cc1ccco1. The van der Waals surface area contributed by atoms with E-state index in [9.17, 15) is 0 Å². The first-order valence-electron chi connectivity index (χ1n) is 6.81. The van der Waals surface area contributed by atoms with E-state index in [0.29, 0.717) is 22.4 Å². The van der Waals surface area contributed by atoms with Crippen LogP contribution in [-0.4, -0.2) is 20.5 Å². The zero-order valence-corrected chi connectivity index (χ0v) is 14.4. The first-order valence-corrected chi connectivity index (χ1v) is 8.55. The summed E-state index contributed by atoms with van der Waals surface area (Å²) in [6.07, 6.45) is 1.65. The number of hydrogen-bond acceptors (Lipinski definition) is 4. The van der Waals surface area contributed by atoms with Gasteiger partial charge >= 0.3 is 0 Å². The topological polar surface area (TPSA) is 43.9 Å². The molecule has 3 aromatic rings. The fraction of sp³-hybridized carbons (Fsp3) is 0.125. The minimum atomic E-state index is 0.537. The molecule has 0 spiro atoms. The molecule has 4 nitrogen and oxygen atoms in total. The molecule has 2 heterocycles. The zero-order valence-electron chi connectivity index (χ0n) is 12.1. The number of nitrogens with zero attached hydrogens (tertiary/aromatic N) is 3. The third-order valence-corrected chi connectivity index (χ3v) is 4.67. The minimum Gasteiger partial charge on any atom is -0.467 e. The molecule has 0 aliphatic rings. The quantitative estimate of drug-likeness (QED) is 0.571. The molecule has 0 radical (unpaired) electrons. The number of hydrogen-bond donors (Lipinski definition) is 0. The van der Waals surface area contributed by atoms with Gasteiger partial charge in [-0.1, -0.05) is 41.5 Å². The van der Waals surface area contributed by atoms with E-state index >= 15 is 0 Å². The molecule has 2 aromatic heterocycles. The largest absolute Gasteiger partial charge is 0.467 e. The van der Waals surface area contributed by atoms with Crippen LogP contribution in [0.15, 0.2) is 63.8 Å². The zero-order chi connectivity index (χ0) is 16.2. The highest BCUT2D eigenvalue weighted by Crippen LogP contribution is 2.27. The van der Waals surface area contributed by atoms with Crippen LogP contribution in [0.2, 0.25) is 5.02 Å². The van der Waals surface area contributed by atoms with Gasteiger partial charge in [-0.15, -0.1) is 10.2 Å². The maximum absolute atomic E-state index is 5.96. The van der Waals surface area contributed by atoms with E-state index in [0.717, 1.165) is 22.3 Å². The maximum atomic E-state index is 5.96.